The highest BCUT2D eigenvalue weighted by molar-refractivity contribution is 6.53. The second-order valence-corrected chi connectivity index (χ2v) is 8.47. The third-order valence-electron chi connectivity index (χ3n) is 5.76. The summed E-state index contributed by atoms with van der Waals surface area (Å²) in [5, 5.41) is 5.72. The highest BCUT2D eigenvalue weighted by Crippen LogP contribution is 2.32. The lowest BCUT2D eigenvalue weighted by Gasteiger charge is -2.17. The molecular formula is C27H24ClN3O4. The van der Waals surface area contributed by atoms with Crippen LogP contribution in [0.4, 0.5) is 11.4 Å². The Morgan fingerprint density at radius 1 is 0.971 bits per heavy atom. The van der Waals surface area contributed by atoms with Gasteiger partial charge in [-0.25, -0.2) is 4.90 Å². The average Bonchev–Trinajstić information content (AvgIpc) is 3.08. The maximum atomic E-state index is 13.1. The van der Waals surface area contributed by atoms with E-state index < -0.39 is 11.8 Å². The van der Waals surface area contributed by atoms with Gasteiger partial charge < -0.3 is 15.4 Å². The molecule has 1 unspecified atom stereocenters. The third kappa shape index (κ3) is 4.90. The van der Waals surface area contributed by atoms with Gasteiger partial charge in [0.25, 0.3) is 17.7 Å². The first kappa shape index (κ1) is 24.0. The van der Waals surface area contributed by atoms with Gasteiger partial charge in [0.15, 0.2) is 0 Å². The van der Waals surface area contributed by atoms with E-state index in [4.69, 9.17) is 16.3 Å². The molecule has 3 aromatic rings. The Balaban J connectivity index is 1.54. The smallest absolute Gasteiger partial charge is 0.283 e. The van der Waals surface area contributed by atoms with Crippen LogP contribution in [0.3, 0.4) is 0 Å². The molecule has 0 aromatic heterocycles. The predicted octanol–water partition coefficient (Wildman–Crippen LogP) is 4.93. The van der Waals surface area contributed by atoms with Crippen LogP contribution in [0.5, 0.6) is 5.75 Å². The van der Waals surface area contributed by atoms with Gasteiger partial charge in [0, 0.05) is 11.3 Å². The van der Waals surface area contributed by atoms with E-state index in [9.17, 15) is 14.4 Å². The van der Waals surface area contributed by atoms with Crippen LogP contribution in [0.2, 0.25) is 0 Å². The van der Waals surface area contributed by atoms with Crippen molar-refractivity contribution in [1.29, 1.82) is 0 Å². The molecular weight excluding hydrogens is 466 g/mol. The summed E-state index contributed by atoms with van der Waals surface area (Å²) in [4.78, 5) is 39.8. The number of aryl methyl sites for hydroxylation is 1. The second-order valence-electron chi connectivity index (χ2n) is 8.09. The predicted molar refractivity (Wildman–Crippen MR) is 135 cm³/mol. The molecule has 35 heavy (non-hydrogen) atoms. The first-order valence-electron chi connectivity index (χ1n) is 11.0. The minimum atomic E-state index is -0.632. The number of carbonyl (C=O) groups is 3. The van der Waals surface area contributed by atoms with E-state index in [1.165, 1.54) is 7.11 Å². The van der Waals surface area contributed by atoms with E-state index in [2.05, 4.69) is 10.6 Å². The van der Waals surface area contributed by atoms with Crippen LogP contribution < -0.4 is 20.3 Å². The summed E-state index contributed by atoms with van der Waals surface area (Å²) in [7, 11) is 1.53. The monoisotopic (exact) mass is 489 g/mol. The maximum absolute atomic E-state index is 13.1. The molecule has 0 radical (unpaired) electrons. The van der Waals surface area contributed by atoms with Gasteiger partial charge in [-0.05, 0) is 61.4 Å². The van der Waals surface area contributed by atoms with Crippen LogP contribution >= 0.6 is 11.6 Å². The number of anilines is 2. The first-order chi connectivity index (χ1) is 16.8. The minimum absolute atomic E-state index is 0.0502. The Hall–Kier alpha value is -4.10. The van der Waals surface area contributed by atoms with Crippen molar-refractivity contribution < 1.29 is 19.1 Å². The number of benzene rings is 3. The van der Waals surface area contributed by atoms with Gasteiger partial charge in [0.2, 0.25) is 0 Å². The zero-order valence-corrected chi connectivity index (χ0v) is 20.2. The van der Waals surface area contributed by atoms with E-state index in [1.54, 1.807) is 42.5 Å². The van der Waals surface area contributed by atoms with E-state index >= 15 is 0 Å². The van der Waals surface area contributed by atoms with Crippen molar-refractivity contribution in [3.63, 3.8) is 0 Å². The molecule has 3 amide bonds. The fourth-order valence-electron chi connectivity index (χ4n) is 3.71. The van der Waals surface area contributed by atoms with Crippen molar-refractivity contribution in [2.45, 2.75) is 19.9 Å². The molecule has 7 nitrogen and oxygen atoms in total. The van der Waals surface area contributed by atoms with Crippen LogP contribution in [0.15, 0.2) is 83.5 Å². The lowest BCUT2D eigenvalue weighted by Crippen LogP contribution is -2.32. The summed E-state index contributed by atoms with van der Waals surface area (Å²) < 4.78 is 5.13. The van der Waals surface area contributed by atoms with E-state index in [0.29, 0.717) is 22.7 Å². The Kier molecular flexibility index (Phi) is 6.89. The molecule has 0 saturated heterocycles. The number of hydrogen-bond donors (Lipinski definition) is 2. The van der Waals surface area contributed by atoms with Crippen molar-refractivity contribution >= 4 is 40.7 Å². The number of halogens is 1. The SMILES string of the molecule is COc1ccc(N2C(=O)C(Cl)=C(Nc3cc(C(=O)NC(C)c4ccccc4)ccc3C)C2=O)cc1. The van der Waals surface area contributed by atoms with Crippen molar-refractivity contribution in [3.8, 4) is 5.75 Å². The van der Waals surface area contributed by atoms with Gasteiger partial charge >= 0.3 is 0 Å². The fourth-order valence-corrected chi connectivity index (χ4v) is 3.93. The zero-order chi connectivity index (χ0) is 25.1. The Morgan fingerprint density at radius 2 is 1.66 bits per heavy atom. The molecule has 0 saturated carbocycles. The van der Waals surface area contributed by atoms with Gasteiger partial charge in [-0.15, -0.1) is 0 Å². The summed E-state index contributed by atoms with van der Waals surface area (Å²) >= 11 is 6.27. The summed E-state index contributed by atoms with van der Waals surface area (Å²) in [6.45, 7) is 3.73. The van der Waals surface area contributed by atoms with Gasteiger partial charge in [0.05, 0.1) is 18.8 Å². The highest BCUT2D eigenvalue weighted by Gasteiger charge is 2.39. The highest BCUT2D eigenvalue weighted by atomic mass is 35.5. The average molecular weight is 490 g/mol. The number of rotatable bonds is 7. The van der Waals surface area contributed by atoms with Gasteiger partial charge in [0.1, 0.15) is 16.5 Å². The van der Waals surface area contributed by atoms with Gasteiger partial charge in [-0.3, -0.25) is 14.4 Å². The number of ether oxygens (including phenoxy) is 1. The van der Waals surface area contributed by atoms with Gasteiger partial charge in [-0.2, -0.15) is 0 Å². The summed E-state index contributed by atoms with van der Waals surface area (Å²) in [6.07, 6.45) is 0. The largest absolute Gasteiger partial charge is 0.497 e. The molecule has 0 fully saturated rings. The lowest BCUT2D eigenvalue weighted by molar-refractivity contribution is -0.120. The van der Waals surface area contributed by atoms with Crippen molar-refractivity contribution in [2.24, 2.45) is 0 Å². The molecule has 0 aliphatic carbocycles. The molecule has 1 aliphatic rings. The van der Waals surface area contributed by atoms with Crippen LogP contribution in [-0.2, 0) is 9.59 Å². The molecule has 0 spiro atoms. The van der Waals surface area contributed by atoms with E-state index in [-0.39, 0.29) is 22.7 Å². The molecule has 0 bridgehead atoms. The number of carbonyl (C=O) groups excluding carboxylic acids is 3. The molecule has 8 heteroatoms. The molecule has 1 atom stereocenters. The molecule has 2 N–H and O–H groups in total. The fraction of sp³-hybridized carbons (Fsp3) is 0.148. The standard InChI is InChI=1S/C27H24ClN3O4/c1-16-9-10-19(25(32)29-17(2)18-7-5-4-6-8-18)15-22(16)30-24-23(28)26(33)31(27(24)34)20-11-13-21(35-3)14-12-20/h4-15,17,30H,1-3H3,(H,29,32). The van der Waals surface area contributed by atoms with E-state index in [1.807, 2.05) is 44.2 Å². The van der Waals surface area contributed by atoms with Crippen molar-refractivity contribution in [1.82, 2.24) is 5.32 Å². The number of amides is 3. The van der Waals surface area contributed by atoms with E-state index in [0.717, 1.165) is 16.0 Å². The summed E-state index contributed by atoms with van der Waals surface area (Å²) in [5.41, 5.74) is 2.98. The lowest BCUT2D eigenvalue weighted by atomic mass is 10.1. The first-order valence-corrected chi connectivity index (χ1v) is 11.3. The number of nitrogens with one attached hydrogen (secondary N) is 2. The number of hydrogen-bond acceptors (Lipinski definition) is 5. The molecule has 3 aromatic carbocycles. The molecule has 1 aliphatic heterocycles. The Labute approximate surface area is 208 Å². The van der Waals surface area contributed by atoms with Crippen LogP contribution in [0, 0.1) is 6.92 Å². The van der Waals surface area contributed by atoms with Crippen LogP contribution in [-0.4, -0.2) is 24.8 Å². The Morgan fingerprint density at radius 3 is 2.31 bits per heavy atom. The number of methoxy groups -OCH3 is 1. The summed E-state index contributed by atoms with van der Waals surface area (Å²) in [5.74, 6) is -0.889. The summed E-state index contributed by atoms with van der Waals surface area (Å²) in [6, 6.07) is 21.1. The second kappa shape index (κ2) is 10.0. The maximum Gasteiger partial charge on any atom is 0.283 e. The normalized spacial score (nSPS) is 14.2. The van der Waals surface area contributed by atoms with Crippen molar-refractivity contribution in [2.75, 3.05) is 17.3 Å². The quantitative estimate of drug-likeness (QED) is 0.459. The molecule has 4 rings (SSSR count). The topological polar surface area (TPSA) is 87.7 Å². The molecule has 1 heterocycles. The van der Waals surface area contributed by atoms with Crippen molar-refractivity contribution in [3.05, 3.63) is 100 Å². The van der Waals surface area contributed by atoms with Crippen LogP contribution in [0.25, 0.3) is 0 Å². The third-order valence-corrected chi connectivity index (χ3v) is 6.12. The number of nitrogens with zero attached hydrogens (tertiary/aromatic N) is 1. The van der Waals surface area contributed by atoms with Gasteiger partial charge in [-0.1, -0.05) is 48.0 Å². The Bertz CT molecular complexity index is 1320. The zero-order valence-electron chi connectivity index (χ0n) is 19.5. The molecule has 178 valence electrons. The van der Waals surface area contributed by atoms with Crippen LogP contribution in [0.1, 0.15) is 34.5 Å². The number of imide groups is 1. The minimum Gasteiger partial charge on any atom is -0.497 e.